The van der Waals surface area contributed by atoms with Gasteiger partial charge in [-0.15, -0.1) is 0 Å². The normalized spacial score (nSPS) is 8.82. The SMILES string of the molecule is CC(=O)SCCOC(=O)C=O. The Morgan fingerprint density at radius 2 is 2.18 bits per heavy atom. The lowest BCUT2D eigenvalue weighted by Crippen LogP contribution is -2.08. The van der Waals surface area contributed by atoms with E-state index in [0.717, 1.165) is 11.8 Å². The van der Waals surface area contributed by atoms with Crippen LogP contribution in [0.2, 0.25) is 0 Å². The maximum atomic E-state index is 10.3. The second-order valence-corrected chi connectivity index (χ2v) is 2.90. The predicted molar refractivity (Wildman–Crippen MR) is 40.2 cm³/mol. The van der Waals surface area contributed by atoms with Gasteiger partial charge in [-0.1, -0.05) is 11.8 Å². The molecule has 0 spiro atoms. The Labute approximate surface area is 68.3 Å². The number of carbonyl (C=O) groups excluding carboxylic acids is 3. The molecular weight excluding hydrogens is 168 g/mol. The van der Waals surface area contributed by atoms with Gasteiger partial charge in [-0.05, 0) is 0 Å². The largest absolute Gasteiger partial charge is 0.459 e. The van der Waals surface area contributed by atoms with Crippen molar-refractivity contribution in [3.63, 3.8) is 0 Å². The first kappa shape index (κ1) is 10.2. The topological polar surface area (TPSA) is 60.4 Å². The van der Waals surface area contributed by atoms with Crippen LogP contribution in [0.3, 0.4) is 0 Å². The average Bonchev–Trinajstić information content (AvgIpc) is 1.97. The van der Waals surface area contributed by atoms with E-state index < -0.39 is 5.97 Å². The van der Waals surface area contributed by atoms with E-state index in [1.807, 2.05) is 0 Å². The minimum Gasteiger partial charge on any atom is -0.459 e. The van der Waals surface area contributed by atoms with Crippen LogP contribution in [0.1, 0.15) is 6.92 Å². The third-order valence-corrected chi connectivity index (χ3v) is 1.51. The maximum Gasteiger partial charge on any atom is 0.371 e. The summed E-state index contributed by atoms with van der Waals surface area (Å²) in [7, 11) is 0. The summed E-state index contributed by atoms with van der Waals surface area (Å²) < 4.78 is 4.36. The molecule has 0 aliphatic rings. The smallest absolute Gasteiger partial charge is 0.371 e. The van der Waals surface area contributed by atoms with Gasteiger partial charge >= 0.3 is 5.97 Å². The third kappa shape index (κ3) is 7.05. The number of esters is 1. The van der Waals surface area contributed by atoms with Crippen LogP contribution in [0.15, 0.2) is 0 Å². The van der Waals surface area contributed by atoms with Crippen molar-refractivity contribution in [2.75, 3.05) is 12.4 Å². The Kier molecular flexibility index (Phi) is 5.46. The summed E-state index contributed by atoms with van der Waals surface area (Å²) in [5.41, 5.74) is 0. The molecule has 0 bridgehead atoms. The molecule has 62 valence electrons. The van der Waals surface area contributed by atoms with E-state index >= 15 is 0 Å². The molecule has 0 saturated carbocycles. The fraction of sp³-hybridized carbons (Fsp3) is 0.500. The Morgan fingerprint density at radius 1 is 1.55 bits per heavy atom. The monoisotopic (exact) mass is 176 g/mol. The summed E-state index contributed by atoms with van der Waals surface area (Å²) in [6.07, 6.45) is 0.0957. The van der Waals surface area contributed by atoms with Gasteiger partial charge in [-0.2, -0.15) is 0 Å². The molecule has 0 aliphatic heterocycles. The zero-order valence-corrected chi connectivity index (χ0v) is 6.85. The fourth-order valence-corrected chi connectivity index (χ4v) is 0.816. The van der Waals surface area contributed by atoms with Crippen LogP contribution in [0, 0.1) is 0 Å². The molecule has 0 rings (SSSR count). The molecule has 0 N–H and O–H groups in total. The second-order valence-electron chi connectivity index (χ2n) is 1.63. The zero-order valence-electron chi connectivity index (χ0n) is 6.03. The summed E-state index contributed by atoms with van der Waals surface area (Å²) in [6, 6.07) is 0. The zero-order chi connectivity index (χ0) is 8.69. The van der Waals surface area contributed by atoms with E-state index in [1.54, 1.807) is 0 Å². The van der Waals surface area contributed by atoms with E-state index in [1.165, 1.54) is 6.92 Å². The summed E-state index contributed by atoms with van der Waals surface area (Å²) in [4.78, 5) is 30.2. The van der Waals surface area contributed by atoms with Crippen molar-refractivity contribution in [2.24, 2.45) is 0 Å². The van der Waals surface area contributed by atoms with E-state index in [0.29, 0.717) is 5.75 Å². The van der Waals surface area contributed by atoms with Crippen LogP contribution in [0.25, 0.3) is 0 Å². The quantitative estimate of drug-likeness (QED) is 0.261. The highest BCUT2D eigenvalue weighted by molar-refractivity contribution is 8.13. The van der Waals surface area contributed by atoms with Gasteiger partial charge in [0.15, 0.2) is 5.12 Å². The maximum absolute atomic E-state index is 10.3. The Morgan fingerprint density at radius 3 is 2.64 bits per heavy atom. The first-order valence-corrected chi connectivity index (χ1v) is 3.90. The fourth-order valence-electron chi connectivity index (χ4n) is 0.362. The van der Waals surface area contributed by atoms with Gasteiger partial charge in [0.2, 0.25) is 6.29 Å². The molecule has 5 heteroatoms. The van der Waals surface area contributed by atoms with Crippen LogP contribution >= 0.6 is 11.8 Å². The lowest BCUT2D eigenvalue weighted by Gasteiger charge is -1.97. The van der Waals surface area contributed by atoms with Gasteiger partial charge in [-0.25, -0.2) is 4.79 Å². The van der Waals surface area contributed by atoms with Crippen molar-refractivity contribution in [3.05, 3.63) is 0 Å². The molecule has 0 unspecified atom stereocenters. The molecule has 0 heterocycles. The summed E-state index contributed by atoms with van der Waals surface area (Å²) in [5.74, 6) is -0.497. The number of hydrogen-bond donors (Lipinski definition) is 0. The summed E-state index contributed by atoms with van der Waals surface area (Å²) >= 11 is 1.05. The number of thioether (sulfide) groups is 1. The average molecular weight is 176 g/mol. The van der Waals surface area contributed by atoms with Crippen molar-refractivity contribution in [1.29, 1.82) is 0 Å². The van der Waals surface area contributed by atoms with E-state index in [-0.39, 0.29) is 18.0 Å². The van der Waals surface area contributed by atoms with Crippen LogP contribution in [-0.2, 0) is 19.1 Å². The molecule has 0 fully saturated rings. The van der Waals surface area contributed by atoms with Crippen LogP contribution in [-0.4, -0.2) is 29.7 Å². The molecule has 0 aromatic heterocycles. The first-order valence-electron chi connectivity index (χ1n) is 2.92. The van der Waals surface area contributed by atoms with Gasteiger partial charge in [0.25, 0.3) is 0 Å². The molecular formula is C6H8O4S. The van der Waals surface area contributed by atoms with Crippen molar-refractivity contribution in [3.8, 4) is 0 Å². The van der Waals surface area contributed by atoms with Gasteiger partial charge in [0.1, 0.15) is 6.61 Å². The molecule has 0 radical (unpaired) electrons. The number of aldehydes is 1. The molecule has 11 heavy (non-hydrogen) atoms. The van der Waals surface area contributed by atoms with Crippen molar-refractivity contribution < 1.29 is 19.1 Å². The minimum atomic E-state index is -0.894. The van der Waals surface area contributed by atoms with Crippen LogP contribution in [0.4, 0.5) is 0 Å². The summed E-state index contributed by atoms with van der Waals surface area (Å²) in [6.45, 7) is 1.52. The molecule has 0 amide bonds. The molecule has 0 aliphatic carbocycles. The van der Waals surface area contributed by atoms with Crippen molar-refractivity contribution in [2.45, 2.75) is 6.92 Å². The highest BCUT2D eigenvalue weighted by Gasteiger charge is 1.99. The van der Waals surface area contributed by atoms with Crippen LogP contribution in [0.5, 0.6) is 0 Å². The molecule has 0 saturated heterocycles. The second kappa shape index (κ2) is 5.91. The van der Waals surface area contributed by atoms with Gasteiger partial charge in [0.05, 0.1) is 0 Å². The van der Waals surface area contributed by atoms with E-state index in [4.69, 9.17) is 0 Å². The van der Waals surface area contributed by atoms with Gasteiger partial charge in [0, 0.05) is 12.7 Å². The molecule has 0 aromatic carbocycles. The molecule has 0 aromatic rings. The summed E-state index contributed by atoms with van der Waals surface area (Å²) in [5, 5.41) is -0.0350. The van der Waals surface area contributed by atoms with Crippen molar-refractivity contribution in [1.82, 2.24) is 0 Å². The van der Waals surface area contributed by atoms with Crippen LogP contribution < -0.4 is 0 Å². The third-order valence-electron chi connectivity index (χ3n) is 0.729. The number of ether oxygens (including phenoxy) is 1. The lowest BCUT2D eigenvalue weighted by atomic mass is 10.7. The Bertz CT molecular complexity index is 166. The standard InChI is InChI=1S/C6H8O4S/c1-5(8)11-3-2-10-6(9)4-7/h4H,2-3H2,1H3. The highest BCUT2D eigenvalue weighted by atomic mass is 32.2. The van der Waals surface area contributed by atoms with Gasteiger partial charge in [-0.3, -0.25) is 9.59 Å². The number of hydrogen-bond acceptors (Lipinski definition) is 5. The lowest BCUT2D eigenvalue weighted by molar-refractivity contribution is -0.148. The number of carbonyl (C=O) groups is 3. The van der Waals surface area contributed by atoms with E-state index in [9.17, 15) is 14.4 Å². The molecule has 4 nitrogen and oxygen atoms in total. The molecule has 0 atom stereocenters. The highest BCUT2D eigenvalue weighted by Crippen LogP contribution is 1.99. The predicted octanol–water partition coefficient (Wildman–Crippen LogP) is 0.00820. The number of rotatable bonds is 4. The first-order chi connectivity index (χ1) is 5.16. The van der Waals surface area contributed by atoms with Crippen molar-refractivity contribution >= 4 is 29.1 Å². The van der Waals surface area contributed by atoms with Gasteiger partial charge < -0.3 is 4.74 Å². The minimum absolute atomic E-state index is 0.0350. The Balaban J connectivity index is 3.21. The van der Waals surface area contributed by atoms with E-state index in [2.05, 4.69) is 4.74 Å². The Hall–Kier alpha value is -0.840.